The molecule has 1 heterocycles. The van der Waals surface area contributed by atoms with E-state index >= 15 is 0 Å². The number of nitrogens with one attached hydrogen (secondary N) is 1. The second-order valence-corrected chi connectivity index (χ2v) is 10.1. The number of aliphatic carboxylic acids is 1. The van der Waals surface area contributed by atoms with Gasteiger partial charge in [0.05, 0.1) is 12.1 Å². The maximum Gasteiger partial charge on any atom is 0.305 e. The molecule has 37 heavy (non-hydrogen) atoms. The largest absolute Gasteiger partial charge is 0.481 e. The Hall–Kier alpha value is -3.68. The average molecular weight is 534 g/mol. The van der Waals surface area contributed by atoms with Crippen LogP contribution in [0.4, 0.5) is 5.13 Å². The quantitative estimate of drug-likeness (QED) is 0.243. The standard InChI is InChI=1S/C29H28ClN3O3S/c1-19-7-12-24(20(2)15-19)26-18-37-29(32-26)33(17-23-5-3-4-6-25(23)30)16-21-8-10-22(11-9-21)28(36)31-14-13-27(34)35/h3-12,15,18H,13-14,16-17H2,1-2H3,(H,31,36)(H,34,35). The van der Waals surface area contributed by atoms with Crippen LogP contribution in [0.5, 0.6) is 0 Å². The first kappa shape index (κ1) is 26.4. The van der Waals surface area contributed by atoms with E-state index in [2.05, 4.69) is 47.6 Å². The van der Waals surface area contributed by atoms with Gasteiger partial charge >= 0.3 is 5.97 Å². The number of anilines is 1. The molecule has 0 atom stereocenters. The number of carbonyl (C=O) groups excluding carboxylic acids is 1. The first-order valence-corrected chi connectivity index (χ1v) is 13.2. The van der Waals surface area contributed by atoms with E-state index in [9.17, 15) is 9.59 Å². The zero-order chi connectivity index (χ0) is 26.4. The van der Waals surface area contributed by atoms with E-state index in [0.29, 0.717) is 23.7 Å². The Morgan fingerprint density at radius 1 is 1.03 bits per heavy atom. The molecule has 190 valence electrons. The lowest BCUT2D eigenvalue weighted by Gasteiger charge is -2.23. The van der Waals surface area contributed by atoms with Gasteiger partial charge in [-0.1, -0.05) is 65.7 Å². The molecule has 3 aromatic carbocycles. The van der Waals surface area contributed by atoms with Gasteiger partial charge in [-0.25, -0.2) is 4.98 Å². The van der Waals surface area contributed by atoms with Gasteiger partial charge in [-0.3, -0.25) is 9.59 Å². The molecule has 0 fully saturated rings. The van der Waals surface area contributed by atoms with E-state index < -0.39 is 5.97 Å². The van der Waals surface area contributed by atoms with E-state index in [0.717, 1.165) is 27.5 Å². The number of rotatable bonds is 10. The maximum absolute atomic E-state index is 12.3. The summed E-state index contributed by atoms with van der Waals surface area (Å²) in [6.07, 6.45) is -0.112. The van der Waals surface area contributed by atoms with Crippen LogP contribution in [0.3, 0.4) is 0 Å². The number of hydrogen-bond acceptors (Lipinski definition) is 5. The molecule has 0 bridgehead atoms. The molecule has 1 aromatic heterocycles. The minimum Gasteiger partial charge on any atom is -0.481 e. The molecular formula is C29H28ClN3O3S. The number of aryl methyl sites for hydroxylation is 2. The third-order valence-corrected chi connectivity index (χ3v) is 7.22. The lowest BCUT2D eigenvalue weighted by molar-refractivity contribution is -0.136. The Bertz CT molecular complexity index is 1400. The van der Waals surface area contributed by atoms with Crippen LogP contribution in [-0.2, 0) is 17.9 Å². The highest BCUT2D eigenvalue weighted by molar-refractivity contribution is 7.14. The van der Waals surface area contributed by atoms with Crippen molar-refractivity contribution in [2.45, 2.75) is 33.4 Å². The number of carbonyl (C=O) groups is 2. The Morgan fingerprint density at radius 3 is 2.49 bits per heavy atom. The minimum absolute atomic E-state index is 0.0916. The molecular weight excluding hydrogens is 506 g/mol. The number of benzene rings is 3. The van der Waals surface area contributed by atoms with Gasteiger partial charge in [0.15, 0.2) is 5.13 Å². The van der Waals surface area contributed by atoms with Crippen molar-refractivity contribution >= 4 is 39.9 Å². The summed E-state index contributed by atoms with van der Waals surface area (Å²) < 4.78 is 0. The monoisotopic (exact) mass is 533 g/mol. The fourth-order valence-corrected chi connectivity index (χ4v) is 5.05. The number of halogens is 1. The highest BCUT2D eigenvalue weighted by Crippen LogP contribution is 2.32. The van der Waals surface area contributed by atoms with Gasteiger partial charge in [0, 0.05) is 41.2 Å². The number of amides is 1. The van der Waals surface area contributed by atoms with E-state index in [-0.39, 0.29) is 18.9 Å². The van der Waals surface area contributed by atoms with E-state index in [4.69, 9.17) is 21.7 Å². The second kappa shape index (κ2) is 12.0. The summed E-state index contributed by atoms with van der Waals surface area (Å²) in [5.74, 6) is -1.24. The molecule has 4 aromatic rings. The molecule has 0 unspecified atom stereocenters. The number of nitrogens with zero attached hydrogens (tertiary/aromatic N) is 2. The van der Waals surface area contributed by atoms with Gasteiger partial charge in [-0.15, -0.1) is 11.3 Å². The fraction of sp³-hybridized carbons (Fsp3) is 0.207. The Balaban J connectivity index is 1.56. The van der Waals surface area contributed by atoms with Crippen molar-refractivity contribution in [3.63, 3.8) is 0 Å². The number of carboxylic acid groups (broad SMARTS) is 1. The van der Waals surface area contributed by atoms with Gasteiger partial charge in [0.1, 0.15) is 0 Å². The van der Waals surface area contributed by atoms with Crippen LogP contribution in [0.2, 0.25) is 5.02 Å². The number of carboxylic acids is 1. The van der Waals surface area contributed by atoms with Gasteiger partial charge < -0.3 is 15.3 Å². The average Bonchev–Trinajstić information content (AvgIpc) is 3.35. The van der Waals surface area contributed by atoms with Crippen LogP contribution in [0.15, 0.2) is 72.1 Å². The predicted octanol–water partition coefficient (Wildman–Crippen LogP) is 6.49. The van der Waals surface area contributed by atoms with Gasteiger partial charge in [0.2, 0.25) is 0 Å². The molecule has 0 radical (unpaired) electrons. The highest BCUT2D eigenvalue weighted by Gasteiger charge is 2.16. The maximum atomic E-state index is 12.3. The van der Waals surface area contributed by atoms with Crippen LogP contribution >= 0.6 is 22.9 Å². The molecule has 0 spiro atoms. The van der Waals surface area contributed by atoms with E-state index in [1.165, 1.54) is 11.1 Å². The van der Waals surface area contributed by atoms with Crippen molar-refractivity contribution in [2.75, 3.05) is 11.4 Å². The molecule has 0 aliphatic heterocycles. The van der Waals surface area contributed by atoms with Crippen molar-refractivity contribution in [3.05, 3.63) is 105 Å². The fourth-order valence-electron chi connectivity index (χ4n) is 4.02. The molecule has 1 amide bonds. The summed E-state index contributed by atoms with van der Waals surface area (Å²) in [4.78, 5) is 30.1. The van der Waals surface area contributed by atoms with Crippen LogP contribution in [0, 0.1) is 13.8 Å². The molecule has 0 saturated carbocycles. The van der Waals surface area contributed by atoms with Crippen LogP contribution in [0.1, 0.15) is 39.0 Å². The summed E-state index contributed by atoms with van der Waals surface area (Å²) in [5, 5.41) is 15.0. The first-order chi connectivity index (χ1) is 17.8. The number of thiazole rings is 1. The van der Waals surface area contributed by atoms with Crippen molar-refractivity contribution in [1.82, 2.24) is 10.3 Å². The molecule has 2 N–H and O–H groups in total. The molecule has 4 rings (SSSR count). The topological polar surface area (TPSA) is 82.5 Å². The summed E-state index contributed by atoms with van der Waals surface area (Å²) in [5.41, 5.74) is 6.96. The summed E-state index contributed by atoms with van der Waals surface area (Å²) in [6.45, 7) is 5.43. The molecule has 0 saturated heterocycles. The van der Waals surface area contributed by atoms with Gasteiger partial charge in [0.25, 0.3) is 5.91 Å². The zero-order valence-corrected chi connectivity index (χ0v) is 22.3. The third kappa shape index (κ3) is 6.96. The molecule has 8 heteroatoms. The number of hydrogen-bond donors (Lipinski definition) is 2. The Morgan fingerprint density at radius 2 is 1.78 bits per heavy atom. The lowest BCUT2D eigenvalue weighted by atomic mass is 10.0. The number of aromatic nitrogens is 1. The molecule has 0 aliphatic carbocycles. The Kier molecular flexibility index (Phi) is 8.58. The summed E-state index contributed by atoms with van der Waals surface area (Å²) in [6, 6.07) is 21.5. The van der Waals surface area contributed by atoms with Crippen molar-refractivity contribution in [3.8, 4) is 11.3 Å². The first-order valence-electron chi connectivity index (χ1n) is 11.9. The van der Waals surface area contributed by atoms with Crippen LogP contribution in [0.25, 0.3) is 11.3 Å². The normalized spacial score (nSPS) is 10.8. The van der Waals surface area contributed by atoms with Crippen molar-refractivity contribution < 1.29 is 14.7 Å². The Labute approximate surface area is 225 Å². The van der Waals surface area contributed by atoms with Crippen LogP contribution in [-0.4, -0.2) is 28.5 Å². The smallest absolute Gasteiger partial charge is 0.305 e. The minimum atomic E-state index is -0.947. The zero-order valence-electron chi connectivity index (χ0n) is 20.7. The predicted molar refractivity (Wildman–Crippen MR) is 149 cm³/mol. The third-order valence-electron chi connectivity index (χ3n) is 5.95. The van der Waals surface area contributed by atoms with Crippen molar-refractivity contribution in [2.24, 2.45) is 0 Å². The van der Waals surface area contributed by atoms with E-state index in [1.807, 2.05) is 36.4 Å². The summed E-state index contributed by atoms with van der Waals surface area (Å²) in [7, 11) is 0. The van der Waals surface area contributed by atoms with E-state index in [1.54, 1.807) is 23.5 Å². The van der Waals surface area contributed by atoms with Crippen molar-refractivity contribution in [1.29, 1.82) is 0 Å². The SMILES string of the molecule is Cc1ccc(-c2csc(N(Cc3ccc(C(=O)NCCC(=O)O)cc3)Cc3ccccc3Cl)n2)c(C)c1. The highest BCUT2D eigenvalue weighted by atomic mass is 35.5. The second-order valence-electron chi connectivity index (χ2n) is 8.88. The lowest BCUT2D eigenvalue weighted by Crippen LogP contribution is -2.26. The van der Waals surface area contributed by atoms with Gasteiger partial charge in [-0.05, 0) is 48.7 Å². The summed E-state index contributed by atoms with van der Waals surface area (Å²) >= 11 is 8.08. The van der Waals surface area contributed by atoms with Crippen LogP contribution < -0.4 is 10.2 Å². The molecule has 0 aliphatic rings. The van der Waals surface area contributed by atoms with Gasteiger partial charge in [-0.2, -0.15) is 0 Å². The molecule has 6 nitrogen and oxygen atoms in total.